The minimum absolute atomic E-state index is 0.0387. The predicted octanol–water partition coefficient (Wildman–Crippen LogP) is 4.66. The number of hydrogen-bond acceptors (Lipinski definition) is 4. The van der Waals surface area contributed by atoms with Crippen LogP contribution in [0.5, 0.6) is 5.75 Å². The van der Waals surface area contributed by atoms with Crippen LogP contribution in [0.3, 0.4) is 0 Å². The van der Waals surface area contributed by atoms with Gasteiger partial charge < -0.3 is 20.7 Å². The third kappa shape index (κ3) is 6.38. The number of para-hydroxylation sites is 2. The monoisotopic (exact) mass is 403 g/mol. The minimum atomic E-state index is -0.186. The zero-order valence-electron chi connectivity index (χ0n) is 16.9. The van der Waals surface area contributed by atoms with Crippen molar-refractivity contribution in [1.82, 2.24) is 0 Å². The zero-order chi connectivity index (χ0) is 21.2. The van der Waals surface area contributed by atoms with Crippen LogP contribution in [0.2, 0.25) is 0 Å². The smallest absolute Gasteiger partial charge is 0.243 e. The van der Waals surface area contributed by atoms with Crippen LogP contribution in [0.15, 0.2) is 78.9 Å². The summed E-state index contributed by atoms with van der Waals surface area (Å²) in [6, 6.07) is 24.4. The van der Waals surface area contributed by atoms with Crippen LogP contribution >= 0.6 is 0 Å². The Bertz CT molecular complexity index is 973. The lowest BCUT2D eigenvalue weighted by Crippen LogP contribution is -2.22. The molecule has 154 valence electrons. The summed E-state index contributed by atoms with van der Waals surface area (Å²) in [5, 5.41) is 8.74. The molecule has 3 aromatic rings. The van der Waals surface area contributed by atoms with Gasteiger partial charge in [-0.05, 0) is 42.0 Å². The topological polar surface area (TPSA) is 79.5 Å². The second-order valence-corrected chi connectivity index (χ2v) is 6.65. The molecule has 0 aliphatic heterocycles. The summed E-state index contributed by atoms with van der Waals surface area (Å²) in [6.07, 6.45) is 0.427. The molecule has 3 N–H and O–H groups in total. The molecule has 2 amide bonds. The van der Waals surface area contributed by atoms with Gasteiger partial charge in [0.15, 0.2) is 0 Å². The van der Waals surface area contributed by atoms with E-state index in [-0.39, 0.29) is 18.4 Å². The lowest BCUT2D eigenvalue weighted by atomic mass is 10.2. The van der Waals surface area contributed by atoms with Crippen molar-refractivity contribution in [2.75, 3.05) is 22.5 Å². The Morgan fingerprint density at radius 1 is 0.767 bits per heavy atom. The number of benzene rings is 3. The van der Waals surface area contributed by atoms with Crippen LogP contribution in [-0.2, 0) is 16.2 Å². The standard InChI is InChI=1S/C24H25N3O3/c1-2-23(28)26-20-14-12-19(13-15-20)25-16-24(29)27-21-10-6-7-11-22(21)30-17-18-8-4-3-5-9-18/h3-15,25H,2,16-17H2,1H3,(H,26,28)(H,27,29). The summed E-state index contributed by atoms with van der Waals surface area (Å²) in [4.78, 5) is 23.8. The minimum Gasteiger partial charge on any atom is -0.487 e. The summed E-state index contributed by atoms with van der Waals surface area (Å²) in [7, 11) is 0. The van der Waals surface area contributed by atoms with E-state index < -0.39 is 0 Å². The van der Waals surface area contributed by atoms with Crippen molar-refractivity contribution >= 4 is 28.9 Å². The highest BCUT2D eigenvalue weighted by Crippen LogP contribution is 2.24. The van der Waals surface area contributed by atoms with Gasteiger partial charge in [-0.2, -0.15) is 0 Å². The number of carbonyl (C=O) groups is 2. The van der Waals surface area contributed by atoms with Crippen molar-refractivity contribution in [3.63, 3.8) is 0 Å². The van der Waals surface area contributed by atoms with Crippen molar-refractivity contribution in [1.29, 1.82) is 0 Å². The Kier molecular flexibility index (Phi) is 7.44. The molecule has 0 aliphatic rings. The number of ether oxygens (including phenoxy) is 1. The van der Waals surface area contributed by atoms with Gasteiger partial charge in [-0.3, -0.25) is 9.59 Å². The van der Waals surface area contributed by atoms with Gasteiger partial charge in [0.05, 0.1) is 12.2 Å². The Morgan fingerprint density at radius 2 is 1.43 bits per heavy atom. The maximum atomic E-state index is 12.4. The van der Waals surface area contributed by atoms with E-state index in [2.05, 4.69) is 16.0 Å². The van der Waals surface area contributed by atoms with E-state index in [0.29, 0.717) is 24.5 Å². The fraction of sp³-hybridized carbons (Fsp3) is 0.167. The molecule has 0 bridgehead atoms. The molecule has 0 saturated carbocycles. The van der Waals surface area contributed by atoms with Gasteiger partial charge >= 0.3 is 0 Å². The molecule has 0 atom stereocenters. The van der Waals surface area contributed by atoms with E-state index in [9.17, 15) is 9.59 Å². The predicted molar refractivity (Wildman–Crippen MR) is 120 cm³/mol. The van der Waals surface area contributed by atoms with Gasteiger partial charge in [-0.1, -0.05) is 49.4 Å². The van der Waals surface area contributed by atoms with Crippen LogP contribution in [0.4, 0.5) is 17.1 Å². The first-order chi connectivity index (χ1) is 14.6. The molecular formula is C24H25N3O3. The maximum absolute atomic E-state index is 12.4. The van der Waals surface area contributed by atoms with Crippen LogP contribution in [0.25, 0.3) is 0 Å². The third-order valence-corrected chi connectivity index (χ3v) is 4.34. The van der Waals surface area contributed by atoms with Gasteiger partial charge in [0.1, 0.15) is 12.4 Å². The summed E-state index contributed by atoms with van der Waals surface area (Å²) in [6.45, 7) is 2.33. The maximum Gasteiger partial charge on any atom is 0.243 e. The lowest BCUT2D eigenvalue weighted by Gasteiger charge is -2.13. The largest absolute Gasteiger partial charge is 0.487 e. The van der Waals surface area contributed by atoms with E-state index in [0.717, 1.165) is 16.9 Å². The van der Waals surface area contributed by atoms with Crippen LogP contribution < -0.4 is 20.7 Å². The van der Waals surface area contributed by atoms with E-state index >= 15 is 0 Å². The molecule has 0 radical (unpaired) electrons. The molecule has 30 heavy (non-hydrogen) atoms. The van der Waals surface area contributed by atoms with E-state index in [1.165, 1.54) is 0 Å². The number of carbonyl (C=O) groups excluding carboxylic acids is 2. The Balaban J connectivity index is 1.52. The van der Waals surface area contributed by atoms with Crippen LogP contribution in [-0.4, -0.2) is 18.4 Å². The second kappa shape index (κ2) is 10.7. The summed E-state index contributed by atoms with van der Waals surface area (Å²) >= 11 is 0. The van der Waals surface area contributed by atoms with Crippen LogP contribution in [0.1, 0.15) is 18.9 Å². The molecule has 3 rings (SSSR count). The molecule has 0 fully saturated rings. The SMILES string of the molecule is CCC(=O)Nc1ccc(NCC(=O)Nc2ccccc2OCc2ccccc2)cc1. The van der Waals surface area contributed by atoms with Crippen molar-refractivity contribution in [3.8, 4) is 5.75 Å². The highest BCUT2D eigenvalue weighted by Gasteiger charge is 2.08. The molecular weight excluding hydrogens is 378 g/mol. The highest BCUT2D eigenvalue weighted by atomic mass is 16.5. The quantitative estimate of drug-likeness (QED) is 0.485. The summed E-state index contributed by atoms with van der Waals surface area (Å²) < 4.78 is 5.87. The first-order valence-corrected chi connectivity index (χ1v) is 9.83. The second-order valence-electron chi connectivity index (χ2n) is 6.65. The average Bonchev–Trinajstić information content (AvgIpc) is 2.78. The van der Waals surface area contributed by atoms with Crippen molar-refractivity contribution < 1.29 is 14.3 Å². The van der Waals surface area contributed by atoms with E-state index in [4.69, 9.17) is 4.74 Å². The molecule has 0 heterocycles. The fourth-order valence-corrected chi connectivity index (χ4v) is 2.73. The lowest BCUT2D eigenvalue weighted by molar-refractivity contribution is -0.116. The summed E-state index contributed by atoms with van der Waals surface area (Å²) in [5.41, 5.74) is 3.19. The third-order valence-electron chi connectivity index (χ3n) is 4.34. The number of nitrogens with one attached hydrogen (secondary N) is 3. The normalized spacial score (nSPS) is 10.2. The molecule has 0 aromatic heterocycles. The first kappa shape index (κ1) is 20.9. The molecule has 0 saturated heterocycles. The fourth-order valence-electron chi connectivity index (χ4n) is 2.73. The zero-order valence-corrected chi connectivity index (χ0v) is 16.9. The van der Waals surface area contributed by atoms with Gasteiger partial charge in [0, 0.05) is 17.8 Å². The molecule has 6 nitrogen and oxygen atoms in total. The number of anilines is 3. The molecule has 6 heteroatoms. The Hall–Kier alpha value is -3.80. The Morgan fingerprint density at radius 3 is 2.17 bits per heavy atom. The number of amides is 2. The molecule has 0 spiro atoms. The average molecular weight is 403 g/mol. The van der Waals surface area contributed by atoms with Crippen molar-refractivity contribution in [3.05, 3.63) is 84.4 Å². The van der Waals surface area contributed by atoms with Crippen molar-refractivity contribution in [2.24, 2.45) is 0 Å². The van der Waals surface area contributed by atoms with Gasteiger partial charge in [0.25, 0.3) is 0 Å². The van der Waals surface area contributed by atoms with Gasteiger partial charge in [-0.15, -0.1) is 0 Å². The molecule has 3 aromatic carbocycles. The number of hydrogen-bond donors (Lipinski definition) is 3. The van der Waals surface area contributed by atoms with Crippen molar-refractivity contribution in [2.45, 2.75) is 20.0 Å². The molecule has 0 unspecified atom stereocenters. The van der Waals surface area contributed by atoms with Gasteiger partial charge in [0.2, 0.25) is 11.8 Å². The molecule has 0 aliphatic carbocycles. The first-order valence-electron chi connectivity index (χ1n) is 9.83. The number of rotatable bonds is 9. The summed E-state index contributed by atoms with van der Waals surface area (Å²) in [5.74, 6) is 0.392. The van der Waals surface area contributed by atoms with E-state index in [1.54, 1.807) is 19.1 Å². The highest BCUT2D eigenvalue weighted by molar-refractivity contribution is 5.95. The van der Waals surface area contributed by atoms with Gasteiger partial charge in [-0.25, -0.2) is 0 Å². The van der Waals surface area contributed by atoms with Crippen LogP contribution in [0, 0.1) is 0 Å². The van der Waals surface area contributed by atoms with E-state index in [1.807, 2.05) is 66.7 Å². The Labute approximate surface area is 176 Å².